The fraction of sp³-hybridized carbons (Fsp3) is 0.462. The van der Waals surface area contributed by atoms with Crippen LogP contribution in [0.15, 0.2) is 28.7 Å². The molecule has 1 amide bonds. The van der Waals surface area contributed by atoms with Crippen LogP contribution in [0.5, 0.6) is 0 Å². The molecule has 5 heteroatoms. The molecule has 1 saturated heterocycles. The van der Waals surface area contributed by atoms with E-state index in [0.29, 0.717) is 19.5 Å². The van der Waals surface area contributed by atoms with Crippen LogP contribution in [0.4, 0.5) is 5.69 Å². The number of anilines is 1. The lowest BCUT2D eigenvalue weighted by Gasteiger charge is -2.14. The molecule has 0 aliphatic carbocycles. The van der Waals surface area contributed by atoms with Crippen LogP contribution in [0.25, 0.3) is 0 Å². The van der Waals surface area contributed by atoms with Crippen LogP contribution in [0, 0.1) is 0 Å². The fourth-order valence-electron chi connectivity index (χ4n) is 2.06. The second-order valence-corrected chi connectivity index (χ2v) is 5.47. The Morgan fingerprint density at radius 3 is 3.06 bits per heavy atom. The van der Waals surface area contributed by atoms with Crippen molar-refractivity contribution < 1.29 is 9.90 Å². The minimum atomic E-state index is -0.224. The van der Waals surface area contributed by atoms with E-state index in [0.717, 1.165) is 23.1 Å². The number of nitrogens with one attached hydrogen (secondary N) is 1. The zero-order chi connectivity index (χ0) is 13.0. The van der Waals surface area contributed by atoms with E-state index in [9.17, 15) is 9.90 Å². The summed E-state index contributed by atoms with van der Waals surface area (Å²) in [4.78, 5) is 13.9. The topological polar surface area (TPSA) is 52.6 Å². The Hall–Kier alpha value is -0.910. The van der Waals surface area contributed by atoms with Crippen LogP contribution in [0.2, 0.25) is 0 Å². The van der Waals surface area contributed by atoms with E-state index < -0.39 is 0 Å². The van der Waals surface area contributed by atoms with Gasteiger partial charge in [-0.2, -0.15) is 0 Å². The zero-order valence-electron chi connectivity index (χ0n) is 10.1. The lowest BCUT2D eigenvalue weighted by Crippen LogP contribution is -2.26. The third kappa shape index (κ3) is 4.08. The summed E-state index contributed by atoms with van der Waals surface area (Å²) >= 11 is 3.36. The number of aliphatic hydroxyl groups excluding tert-OH is 1. The van der Waals surface area contributed by atoms with Crippen molar-refractivity contribution in [3.63, 3.8) is 0 Å². The van der Waals surface area contributed by atoms with Crippen molar-refractivity contribution in [3.05, 3.63) is 28.7 Å². The molecule has 1 aliphatic heterocycles. The highest BCUT2D eigenvalue weighted by molar-refractivity contribution is 9.10. The number of carbonyl (C=O) groups excluding carboxylic acids is 1. The van der Waals surface area contributed by atoms with Gasteiger partial charge in [-0.15, -0.1) is 0 Å². The zero-order valence-corrected chi connectivity index (χ0v) is 11.7. The van der Waals surface area contributed by atoms with Crippen molar-refractivity contribution in [2.24, 2.45) is 0 Å². The number of likely N-dealkylation sites (tertiary alicyclic amines) is 1. The molecular formula is C13H17BrN2O2. The highest BCUT2D eigenvalue weighted by Crippen LogP contribution is 2.16. The molecule has 2 rings (SSSR count). The highest BCUT2D eigenvalue weighted by Gasteiger charge is 2.20. The third-order valence-corrected chi connectivity index (χ3v) is 3.50. The van der Waals surface area contributed by atoms with Crippen molar-refractivity contribution in [2.75, 3.05) is 25.0 Å². The Morgan fingerprint density at radius 1 is 1.56 bits per heavy atom. The lowest BCUT2D eigenvalue weighted by molar-refractivity contribution is -0.116. The van der Waals surface area contributed by atoms with Crippen LogP contribution in [-0.2, 0) is 4.79 Å². The van der Waals surface area contributed by atoms with Crippen molar-refractivity contribution in [2.45, 2.75) is 18.9 Å². The Balaban J connectivity index is 1.75. The summed E-state index contributed by atoms with van der Waals surface area (Å²) in [7, 11) is 0. The maximum atomic E-state index is 11.7. The van der Waals surface area contributed by atoms with Gasteiger partial charge in [0.05, 0.1) is 6.10 Å². The van der Waals surface area contributed by atoms with Crippen LogP contribution in [0.3, 0.4) is 0 Å². The summed E-state index contributed by atoms with van der Waals surface area (Å²) in [5.74, 6) is 0.00879. The molecule has 0 aromatic heterocycles. The number of halogens is 1. The van der Waals surface area contributed by atoms with Crippen LogP contribution in [-0.4, -0.2) is 41.7 Å². The van der Waals surface area contributed by atoms with Crippen LogP contribution < -0.4 is 5.32 Å². The first kappa shape index (κ1) is 13.5. The van der Waals surface area contributed by atoms with Crippen molar-refractivity contribution in [1.82, 2.24) is 4.90 Å². The van der Waals surface area contributed by atoms with Gasteiger partial charge in [-0.25, -0.2) is 0 Å². The molecule has 0 saturated carbocycles. The van der Waals surface area contributed by atoms with Crippen LogP contribution in [0.1, 0.15) is 12.8 Å². The van der Waals surface area contributed by atoms with Gasteiger partial charge < -0.3 is 15.3 Å². The summed E-state index contributed by atoms with van der Waals surface area (Å²) in [6.07, 6.45) is 1.05. The summed E-state index contributed by atoms with van der Waals surface area (Å²) in [6, 6.07) is 7.54. The molecule has 98 valence electrons. The number of amides is 1. The number of carbonyl (C=O) groups is 1. The minimum Gasteiger partial charge on any atom is -0.392 e. The number of aliphatic hydroxyl groups is 1. The van der Waals surface area contributed by atoms with Gasteiger partial charge in [0.2, 0.25) is 5.91 Å². The molecule has 1 aliphatic rings. The largest absolute Gasteiger partial charge is 0.392 e. The molecule has 18 heavy (non-hydrogen) atoms. The summed E-state index contributed by atoms with van der Waals surface area (Å²) in [5.41, 5.74) is 0.802. The van der Waals surface area contributed by atoms with Gasteiger partial charge in [-0.1, -0.05) is 22.0 Å². The van der Waals surface area contributed by atoms with E-state index in [1.165, 1.54) is 0 Å². The van der Waals surface area contributed by atoms with E-state index in [2.05, 4.69) is 26.1 Å². The van der Waals surface area contributed by atoms with Gasteiger partial charge in [0.1, 0.15) is 0 Å². The number of hydrogen-bond acceptors (Lipinski definition) is 3. The smallest absolute Gasteiger partial charge is 0.225 e. The van der Waals surface area contributed by atoms with Gasteiger partial charge in [0.25, 0.3) is 0 Å². The predicted octanol–water partition coefficient (Wildman–Crippen LogP) is 1.84. The monoisotopic (exact) mass is 312 g/mol. The SMILES string of the molecule is O=C(CCN1CC[C@@H](O)C1)Nc1cccc(Br)c1. The number of hydrogen-bond donors (Lipinski definition) is 2. The number of β-amino-alcohol motifs (C(OH)–C–C–N with tert-alkyl or cyclic N) is 1. The first-order valence-corrected chi connectivity index (χ1v) is 6.88. The highest BCUT2D eigenvalue weighted by atomic mass is 79.9. The Labute approximate surface area is 115 Å². The van der Waals surface area contributed by atoms with E-state index in [4.69, 9.17) is 0 Å². The average Bonchev–Trinajstić information content (AvgIpc) is 2.73. The normalized spacial score (nSPS) is 20.0. The first-order chi connectivity index (χ1) is 8.63. The van der Waals surface area contributed by atoms with Crippen molar-refractivity contribution >= 4 is 27.5 Å². The molecule has 4 nitrogen and oxygen atoms in total. The van der Waals surface area contributed by atoms with E-state index in [1.54, 1.807) is 0 Å². The van der Waals surface area contributed by atoms with Gasteiger partial charge >= 0.3 is 0 Å². The summed E-state index contributed by atoms with van der Waals surface area (Å²) < 4.78 is 0.947. The first-order valence-electron chi connectivity index (χ1n) is 6.09. The Morgan fingerprint density at radius 2 is 2.39 bits per heavy atom. The average molecular weight is 313 g/mol. The maximum Gasteiger partial charge on any atom is 0.225 e. The quantitative estimate of drug-likeness (QED) is 0.892. The molecule has 1 fully saturated rings. The Bertz CT molecular complexity index is 425. The molecule has 0 spiro atoms. The molecule has 0 bridgehead atoms. The second kappa shape index (κ2) is 6.31. The third-order valence-electron chi connectivity index (χ3n) is 3.01. The van der Waals surface area contributed by atoms with E-state index in [1.807, 2.05) is 24.3 Å². The van der Waals surface area contributed by atoms with Crippen molar-refractivity contribution in [1.29, 1.82) is 0 Å². The Kier molecular flexibility index (Phi) is 4.74. The molecule has 0 unspecified atom stereocenters. The molecule has 1 heterocycles. The molecule has 1 aromatic carbocycles. The van der Waals surface area contributed by atoms with Gasteiger partial charge in [0, 0.05) is 36.2 Å². The number of nitrogens with zero attached hydrogens (tertiary/aromatic N) is 1. The fourth-order valence-corrected chi connectivity index (χ4v) is 2.46. The molecule has 0 radical (unpaired) electrons. The molecular weight excluding hydrogens is 296 g/mol. The molecule has 2 N–H and O–H groups in total. The van der Waals surface area contributed by atoms with E-state index >= 15 is 0 Å². The lowest BCUT2D eigenvalue weighted by atomic mass is 10.3. The maximum absolute atomic E-state index is 11.7. The van der Waals surface area contributed by atoms with Crippen LogP contribution >= 0.6 is 15.9 Å². The minimum absolute atomic E-state index is 0.00879. The van der Waals surface area contributed by atoms with Gasteiger partial charge in [0.15, 0.2) is 0 Å². The number of rotatable bonds is 4. The standard InChI is InChI=1S/C13H17BrN2O2/c14-10-2-1-3-11(8-10)15-13(18)5-7-16-6-4-12(17)9-16/h1-3,8,12,17H,4-7,9H2,(H,15,18)/t12-/m1/s1. The second-order valence-electron chi connectivity index (χ2n) is 4.55. The summed E-state index contributed by atoms with van der Waals surface area (Å²) in [6.45, 7) is 2.27. The molecule has 1 aromatic rings. The van der Waals surface area contributed by atoms with Crippen molar-refractivity contribution in [3.8, 4) is 0 Å². The van der Waals surface area contributed by atoms with E-state index in [-0.39, 0.29) is 12.0 Å². The predicted molar refractivity (Wildman–Crippen MR) is 74.5 cm³/mol. The molecule has 1 atom stereocenters. The number of benzene rings is 1. The van der Waals surface area contributed by atoms with Gasteiger partial charge in [-0.05, 0) is 24.6 Å². The van der Waals surface area contributed by atoms with Gasteiger partial charge in [-0.3, -0.25) is 4.79 Å². The summed E-state index contributed by atoms with van der Waals surface area (Å²) in [5, 5.41) is 12.2.